The van der Waals surface area contributed by atoms with Crippen LogP contribution in [0, 0.1) is 30.1 Å². The van der Waals surface area contributed by atoms with Crippen LogP contribution in [-0.4, -0.2) is 30.4 Å². The van der Waals surface area contributed by atoms with E-state index in [1.165, 1.54) is 30.4 Å². The molecule has 1 saturated heterocycles. The summed E-state index contributed by atoms with van der Waals surface area (Å²) in [5.74, 6) is 2.47. The molecular weight excluding hydrogens is 320 g/mol. The van der Waals surface area contributed by atoms with Crippen LogP contribution in [0.1, 0.15) is 56.1 Å². The van der Waals surface area contributed by atoms with Gasteiger partial charge in [0.2, 0.25) is 5.91 Å². The predicted octanol–water partition coefficient (Wildman–Crippen LogP) is 3.64. The van der Waals surface area contributed by atoms with Gasteiger partial charge >= 0.3 is 0 Å². The first-order chi connectivity index (χ1) is 12.5. The average Bonchev–Trinajstić information content (AvgIpc) is 3.09. The lowest BCUT2D eigenvalue weighted by atomic mass is 9.42. The van der Waals surface area contributed by atoms with Gasteiger partial charge in [0.25, 0.3) is 0 Å². The van der Waals surface area contributed by atoms with Crippen LogP contribution < -0.4 is 5.73 Å². The van der Waals surface area contributed by atoms with Gasteiger partial charge in [-0.1, -0.05) is 29.8 Å². The van der Waals surface area contributed by atoms with E-state index in [-0.39, 0.29) is 10.8 Å². The number of carbonyl (C=O) groups excluding carboxylic acids is 1. The number of amides is 1. The van der Waals surface area contributed by atoms with E-state index in [9.17, 15) is 4.79 Å². The van der Waals surface area contributed by atoms with Gasteiger partial charge in [-0.05, 0) is 87.1 Å². The third-order valence-electron chi connectivity index (χ3n) is 8.09. The van der Waals surface area contributed by atoms with Crippen molar-refractivity contribution >= 4 is 5.91 Å². The molecule has 4 aliphatic carbocycles. The number of nitrogens with two attached hydrogens (primary N) is 1. The molecule has 2 N–H and O–H groups in total. The molecule has 4 bridgehead atoms. The Balaban J connectivity index is 1.47. The van der Waals surface area contributed by atoms with Crippen molar-refractivity contribution in [2.75, 3.05) is 19.6 Å². The highest BCUT2D eigenvalue weighted by atomic mass is 16.2. The maximum Gasteiger partial charge on any atom is 0.228 e. The van der Waals surface area contributed by atoms with E-state index in [0.717, 1.165) is 57.2 Å². The molecule has 5 aliphatic rings. The summed E-state index contributed by atoms with van der Waals surface area (Å²) in [4.78, 5) is 15.8. The predicted molar refractivity (Wildman–Crippen MR) is 104 cm³/mol. The molecule has 3 nitrogen and oxygen atoms in total. The zero-order valence-electron chi connectivity index (χ0n) is 16.0. The molecule has 0 aromatic heterocycles. The van der Waals surface area contributed by atoms with Gasteiger partial charge in [0.15, 0.2) is 0 Å². The molecular formula is C23H32N2O. The van der Waals surface area contributed by atoms with Gasteiger partial charge in [0.1, 0.15) is 0 Å². The summed E-state index contributed by atoms with van der Waals surface area (Å²) in [6, 6.07) is 9.21. The summed E-state index contributed by atoms with van der Waals surface area (Å²) in [5, 5.41) is 0. The van der Waals surface area contributed by atoms with Crippen molar-refractivity contribution < 1.29 is 4.79 Å². The number of benzene rings is 1. The van der Waals surface area contributed by atoms with Crippen molar-refractivity contribution in [1.29, 1.82) is 0 Å². The molecule has 5 fully saturated rings. The standard InChI is InChI=1S/C23H32N2O/c1-16-2-4-20(5-3-16)22-9-18-8-19(10-22)12-23(11-18,15-22)21(26)25-7-6-17(13-24)14-25/h2-5,17-19H,6-15,24H2,1H3. The number of hydrogen-bond donors (Lipinski definition) is 1. The van der Waals surface area contributed by atoms with Crippen molar-refractivity contribution in [3.8, 4) is 0 Å². The van der Waals surface area contributed by atoms with E-state index >= 15 is 0 Å². The fourth-order valence-electron chi connectivity index (χ4n) is 7.30. The zero-order valence-corrected chi connectivity index (χ0v) is 16.0. The largest absolute Gasteiger partial charge is 0.342 e. The molecule has 140 valence electrons. The van der Waals surface area contributed by atoms with Crippen LogP contribution in [0.25, 0.3) is 0 Å². The molecule has 1 aliphatic heterocycles. The summed E-state index contributed by atoms with van der Waals surface area (Å²) in [6.45, 7) is 4.70. The quantitative estimate of drug-likeness (QED) is 0.903. The second kappa shape index (κ2) is 5.82. The molecule has 1 aromatic carbocycles. The number of hydrogen-bond acceptors (Lipinski definition) is 2. The Morgan fingerprint density at radius 1 is 1.15 bits per heavy atom. The Bertz CT molecular complexity index is 695. The highest BCUT2D eigenvalue weighted by Gasteiger charge is 2.61. The van der Waals surface area contributed by atoms with Crippen molar-refractivity contribution in [3.05, 3.63) is 35.4 Å². The van der Waals surface area contributed by atoms with Crippen LogP contribution in [0.4, 0.5) is 0 Å². The number of carbonyl (C=O) groups is 1. The Kier molecular flexibility index (Phi) is 3.76. The van der Waals surface area contributed by atoms with Crippen LogP contribution in [0.5, 0.6) is 0 Å². The lowest BCUT2D eigenvalue weighted by Gasteiger charge is -2.62. The zero-order chi connectivity index (χ0) is 17.9. The molecule has 4 saturated carbocycles. The minimum Gasteiger partial charge on any atom is -0.342 e. The number of nitrogens with zero attached hydrogens (tertiary/aromatic N) is 1. The van der Waals surface area contributed by atoms with E-state index in [1.807, 2.05) is 0 Å². The number of likely N-dealkylation sites (tertiary alicyclic amines) is 1. The van der Waals surface area contributed by atoms with Gasteiger partial charge in [-0.15, -0.1) is 0 Å². The molecule has 6 rings (SSSR count). The van der Waals surface area contributed by atoms with Gasteiger partial charge in [-0.2, -0.15) is 0 Å². The lowest BCUT2D eigenvalue weighted by molar-refractivity contribution is -0.159. The van der Waals surface area contributed by atoms with Crippen LogP contribution in [0.2, 0.25) is 0 Å². The molecule has 3 atom stereocenters. The Labute approximate surface area is 157 Å². The Morgan fingerprint density at radius 3 is 2.46 bits per heavy atom. The minimum absolute atomic E-state index is 0.0849. The van der Waals surface area contributed by atoms with E-state index in [4.69, 9.17) is 5.73 Å². The minimum atomic E-state index is -0.0849. The summed E-state index contributed by atoms with van der Waals surface area (Å²) in [7, 11) is 0. The molecule has 26 heavy (non-hydrogen) atoms. The fraction of sp³-hybridized carbons (Fsp3) is 0.696. The summed E-state index contributed by atoms with van der Waals surface area (Å²) >= 11 is 0. The Hall–Kier alpha value is -1.35. The third kappa shape index (κ3) is 2.46. The molecule has 1 heterocycles. The first-order valence-corrected chi connectivity index (χ1v) is 10.6. The van der Waals surface area contributed by atoms with Gasteiger partial charge in [-0.3, -0.25) is 4.79 Å². The van der Waals surface area contributed by atoms with Gasteiger partial charge in [0.05, 0.1) is 5.41 Å². The lowest BCUT2D eigenvalue weighted by Crippen LogP contribution is -2.59. The van der Waals surface area contributed by atoms with Crippen molar-refractivity contribution in [2.45, 2.75) is 57.3 Å². The molecule has 3 unspecified atom stereocenters. The van der Waals surface area contributed by atoms with E-state index in [2.05, 4.69) is 36.1 Å². The van der Waals surface area contributed by atoms with E-state index < -0.39 is 0 Å². The average molecular weight is 353 g/mol. The second-order valence-corrected chi connectivity index (χ2v) is 10.0. The molecule has 3 heteroatoms. The topological polar surface area (TPSA) is 46.3 Å². The fourth-order valence-corrected chi connectivity index (χ4v) is 7.30. The van der Waals surface area contributed by atoms with Gasteiger partial charge < -0.3 is 10.6 Å². The first kappa shape index (κ1) is 16.8. The van der Waals surface area contributed by atoms with Gasteiger partial charge in [-0.25, -0.2) is 0 Å². The molecule has 0 spiro atoms. The highest BCUT2D eigenvalue weighted by molar-refractivity contribution is 5.84. The number of aryl methyl sites for hydroxylation is 1. The van der Waals surface area contributed by atoms with Crippen LogP contribution in [0.15, 0.2) is 24.3 Å². The SMILES string of the molecule is Cc1ccc(C23CC4CC(CC(C(=O)N5CCC(CN)C5)(C4)C2)C3)cc1. The highest BCUT2D eigenvalue weighted by Crippen LogP contribution is 2.66. The molecule has 0 radical (unpaired) electrons. The maximum atomic E-state index is 13.7. The van der Waals surface area contributed by atoms with Crippen molar-refractivity contribution in [3.63, 3.8) is 0 Å². The number of rotatable bonds is 3. The van der Waals surface area contributed by atoms with E-state index in [1.54, 1.807) is 0 Å². The van der Waals surface area contributed by atoms with Crippen molar-refractivity contribution in [2.24, 2.45) is 28.9 Å². The smallest absolute Gasteiger partial charge is 0.228 e. The summed E-state index contributed by atoms with van der Waals surface area (Å²) in [6.07, 6.45) is 8.40. The monoisotopic (exact) mass is 352 g/mol. The summed E-state index contributed by atoms with van der Waals surface area (Å²) in [5.41, 5.74) is 8.86. The second-order valence-electron chi connectivity index (χ2n) is 10.0. The third-order valence-corrected chi connectivity index (χ3v) is 8.09. The van der Waals surface area contributed by atoms with E-state index in [0.29, 0.717) is 11.8 Å². The van der Waals surface area contributed by atoms with Gasteiger partial charge in [0, 0.05) is 13.1 Å². The van der Waals surface area contributed by atoms with Crippen LogP contribution in [0.3, 0.4) is 0 Å². The normalized spacial score (nSPS) is 41.0. The summed E-state index contributed by atoms with van der Waals surface area (Å²) < 4.78 is 0. The van der Waals surface area contributed by atoms with Crippen LogP contribution in [-0.2, 0) is 10.2 Å². The first-order valence-electron chi connectivity index (χ1n) is 10.6. The van der Waals surface area contributed by atoms with Crippen LogP contribution >= 0.6 is 0 Å². The maximum absolute atomic E-state index is 13.7. The molecule has 1 aromatic rings. The Morgan fingerprint density at radius 2 is 1.85 bits per heavy atom. The van der Waals surface area contributed by atoms with Crippen molar-refractivity contribution in [1.82, 2.24) is 4.90 Å². The molecule has 1 amide bonds.